The van der Waals surface area contributed by atoms with E-state index in [1.54, 1.807) is 0 Å². The Balaban J connectivity index is 1.15. The first-order valence-corrected chi connectivity index (χ1v) is 11.4. The molecule has 4 bridgehead atoms. The SMILES string of the molecule is S=C(NCCOCCOCCCCCCCl)NC12CC3CC(CC1C3)C2. The summed E-state index contributed by atoms with van der Waals surface area (Å²) >= 11 is 11.2. The Morgan fingerprint density at radius 3 is 2.35 bits per heavy atom. The normalized spacial score (nSPS) is 31.5. The molecule has 4 aliphatic carbocycles. The van der Waals surface area contributed by atoms with Crippen LogP contribution < -0.4 is 10.6 Å². The van der Waals surface area contributed by atoms with Crippen LogP contribution in [0.15, 0.2) is 0 Å². The number of hydrogen-bond donors (Lipinski definition) is 2. The molecular formula is C20H35ClN2O2S. The molecule has 0 aromatic heterocycles. The summed E-state index contributed by atoms with van der Waals surface area (Å²) in [5, 5.41) is 7.82. The van der Waals surface area contributed by atoms with Crippen LogP contribution in [0, 0.1) is 17.8 Å². The fourth-order valence-corrected chi connectivity index (χ4v) is 5.98. The monoisotopic (exact) mass is 402 g/mol. The molecular weight excluding hydrogens is 368 g/mol. The van der Waals surface area contributed by atoms with Crippen LogP contribution in [0.2, 0.25) is 0 Å². The van der Waals surface area contributed by atoms with Gasteiger partial charge in [0, 0.05) is 24.6 Å². The lowest BCUT2D eigenvalue weighted by atomic mass is 9.80. The summed E-state index contributed by atoms with van der Waals surface area (Å²) in [7, 11) is 0. The van der Waals surface area contributed by atoms with E-state index in [1.165, 1.54) is 44.9 Å². The lowest BCUT2D eigenvalue weighted by Crippen LogP contribution is -2.53. The van der Waals surface area contributed by atoms with Crippen molar-refractivity contribution in [3.63, 3.8) is 0 Å². The Bertz CT molecular complexity index is 438. The van der Waals surface area contributed by atoms with Gasteiger partial charge in [0.1, 0.15) is 0 Å². The first kappa shape index (κ1) is 20.6. The van der Waals surface area contributed by atoms with Gasteiger partial charge in [0.2, 0.25) is 0 Å². The topological polar surface area (TPSA) is 42.5 Å². The average Bonchev–Trinajstić information content (AvgIpc) is 2.99. The Kier molecular flexibility index (Phi) is 8.29. The van der Waals surface area contributed by atoms with Gasteiger partial charge in [-0.05, 0) is 74.9 Å². The zero-order valence-corrected chi connectivity index (χ0v) is 17.5. The summed E-state index contributed by atoms with van der Waals surface area (Å²) in [4.78, 5) is 0. The fourth-order valence-electron chi connectivity index (χ4n) is 5.48. The van der Waals surface area contributed by atoms with Crippen molar-refractivity contribution in [2.24, 2.45) is 17.8 Å². The summed E-state index contributed by atoms with van der Waals surface area (Å²) in [5.41, 5.74) is 0.316. The van der Waals surface area contributed by atoms with E-state index in [4.69, 9.17) is 33.3 Å². The van der Waals surface area contributed by atoms with E-state index in [0.29, 0.717) is 25.4 Å². The number of rotatable bonds is 13. The molecule has 4 aliphatic rings. The molecule has 0 amide bonds. The van der Waals surface area contributed by atoms with Crippen LogP contribution in [-0.4, -0.2) is 49.5 Å². The van der Waals surface area contributed by atoms with Crippen molar-refractivity contribution in [3.8, 4) is 0 Å². The molecule has 0 aliphatic heterocycles. The first-order valence-electron chi connectivity index (χ1n) is 10.5. The Hall–Kier alpha value is -0.100. The third-order valence-electron chi connectivity index (χ3n) is 6.43. The molecule has 2 atom stereocenters. The van der Waals surface area contributed by atoms with Gasteiger partial charge in [-0.3, -0.25) is 0 Å². The van der Waals surface area contributed by atoms with Gasteiger partial charge in [-0.25, -0.2) is 0 Å². The quantitative estimate of drug-likeness (QED) is 0.278. The predicted molar refractivity (Wildman–Crippen MR) is 111 cm³/mol. The zero-order chi connectivity index (χ0) is 18.2. The third-order valence-corrected chi connectivity index (χ3v) is 6.94. The van der Waals surface area contributed by atoms with Gasteiger partial charge in [-0.15, -0.1) is 11.6 Å². The summed E-state index contributed by atoms with van der Waals surface area (Å²) in [6.07, 6.45) is 11.6. The lowest BCUT2D eigenvalue weighted by Gasteiger charge is -2.35. The van der Waals surface area contributed by atoms with Crippen molar-refractivity contribution >= 4 is 28.9 Å². The van der Waals surface area contributed by atoms with Crippen LogP contribution in [0.3, 0.4) is 0 Å². The number of unbranched alkanes of at least 4 members (excludes halogenated alkanes) is 3. The molecule has 26 heavy (non-hydrogen) atoms. The molecule has 6 heteroatoms. The second kappa shape index (κ2) is 10.4. The maximum atomic E-state index is 5.65. The van der Waals surface area contributed by atoms with Gasteiger partial charge in [0.05, 0.1) is 19.8 Å². The highest BCUT2D eigenvalue weighted by Crippen LogP contribution is 2.60. The largest absolute Gasteiger partial charge is 0.379 e. The van der Waals surface area contributed by atoms with E-state index in [-0.39, 0.29) is 0 Å². The van der Waals surface area contributed by atoms with Crippen LogP contribution >= 0.6 is 23.8 Å². The van der Waals surface area contributed by atoms with Crippen LogP contribution in [0.5, 0.6) is 0 Å². The van der Waals surface area contributed by atoms with E-state index in [1.807, 2.05) is 0 Å². The molecule has 4 nitrogen and oxygen atoms in total. The van der Waals surface area contributed by atoms with Crippen LogP contribution in [-0.2, 0) is 9.47 Å². The molecule has 0 saturated heterocycles. The van der Waals surface area contributed by atoms with E-state index in [9.17, 15) is 0 Å². The second-order valence-electron chi connectivity index (χ2n) is 8.41. The molecule has 4 saturated carbocycles. The van der Waals surface area contributed by atoms with E-state index >= 15 is 0 Å². The number of nitrogens with one attached hydrogen (secondary N) is 2. The molecule has 0 spiro atoms. The third kappa shape index (κ3) is 5.70. The van der Waals surface area contributed by atoms with Crippen LogP contribution in [0.1, 0.15) is 57.8 Å². The highest BCUT2D eigenvalue weighted by molar-refractivity contribution is 7.80. The van der Waals surface area contributed by atoms with Gasteiger partial charge in [-0.1, -0.05) is 12.8 Å². The molecule has 0 aromatic carbocycles. The van der Waals surface area contributed by atoms with Crippen molar-refractivity contribution in [1.82, 2.24) is 10.6 Å². The van der Waals surface area contributed by atoms with Crippen molar-refractivity contribution in [1.29, 1.82) is 0 Å². The van der Waals surface area contributed by atoms with Crippen molar-refractivity contribution < 1.29 is 9.47 Å². The summed E-state index contributed by atoms with van der Waals surface area (Å²) in [6, 6.07) is 0. The summed E-state index contributed by atoms with van der Waals surface area (Å²) in [5.74, 6) is 3.52. The average molecular weight is 403 g/mol. The maximum Gasteiger partial charge on any atom is 0.166 e. The molecule has 0 radical (unpaired) electrons. The number of ether oxygens (including phenoxy) is 2. The van der Waals surface area contributed by atoms with Gasteiger partial charge in [0.25, 0.3) is 0 Å². The maximum absolute atomic E-state index is 5.65. The molecule has 4 fully saturated rings. The molecule has 4 rings (SSSR count). The standard InChI is InChI=1S/C20H35ClN2O2S/c21-5-3-1-2-4-7-24-9-10-25-8-6-22-19(26)23-20-14-16-11-17(15-20)13-18(20)12-16/h16-18H,1-15H2,(H2,22,23,26). The number of alkyl halides is 1. The van der Waals surface area contributed by atoms with E-state index in [0.717, 1.165) is 54.7 Å². The molecule has 2 unspecified atom stereocenters. The van der Waals surface area contributed by atoms with Crippen molar-refractivity contribution in [3.05, 3.63) is 0 Å². The number of hydrogen-bond acceptors (Lipinski definition) is 3. The minimum Gasteiger partial charge on any atom is -0.379 e. The highest BCUT2D eigenvalue weighted by atomic mass is 35.5. The van der Waals surface area contributed by atoms with Gasteiger partial charge in [-0.2, -0.15) is 0 Å². The minimum absolute atomic E-state index is 0.316. The highest BCUT2D eigenvalue weighted by Gasteiger charge is 2.57. The Morgan fingerprint density at radius 2 is 1.62 bits per heavy atom. The molecule has 150 valence electrons. The van der Waals surface area contributed by atoms with E-state index in [2.05, 4.69) is 10.6 Å². The fraction of sp³-hybridized carbons (Fsp3) is 0.950. The van der Waals surface area contributed by atoms with Gasteiger partial charge < -0.3 is 20.1 Å². The Morgan fingerprint density at radius 1 is 0.923 bits per heavy atom. The number of halogens is 1. The Labute approximate surface area is 169 Å². The minimum atomic E-state index is 0.316. The molecule has 0 aromatic rings. The van der Waals surface area contributed by atoms with Crippen LogP contribution in [0.4, 0.5) is 0 Å². The lowest BCUT2D eigenvalue weighted by molar-refractivity contribution is 0.0483. The first-order chi connectivity index (χ1) is 12.7. The molecule has 0 heterocycles. The second-order valence-corrected chi connectivity index (χ2v) is 9.20. The summed E-state index contributed by atoms with van der Waals surface area (Å²) < 4.78 is 11.2. The predicted octanol–water partition coefficient (Wildman–Crippen LogP) is 3.86. The van der Waals surface area contributed by atoms with Crippen LogP contribution in [0.25, 0.3) is 0 Å². The van der Waals surface area contributed by atoms with Gasteiger partial charge in [0.15, 0.2) is 5.11 Å². The molecule has 2 N–H and O–H groups in total. The van der Waals surface area contributed by atoms with E-state index < -0.39 is 0 Å². The summed E-state index contributed by atoms with van der Waals surface area (Å²) in [6.45, 7) is 3.58. The van der Waals surface area contributed by atoms with Crippen molar-refractivity contribution in [2.75, 3.05) is 38.9 Å². The zero-order valence-electron chi connectivity index (χ0n) is 15.9. The van der Waals surface area contributed by atoms with Gasteiger partial charge >= 0.3 is 0 Å². The smallest absolute Gasteiger partial charge is 0.166 e. The number of thiocarbonyl (C=S) groups is 1. The van der Waals surface area contributed by atoms with Crippen molar-refractivity contribution in [2.45, 2.75) is 63.3 Å².